The predicted octanol–water partition coefficient (Wildman–Crippen LogP) is 10.3. The van der Waals surface area contributed by atoms with Gasteiger partial charge in [0.25, 0.3) is 0 Å². The molecule has 268 valence electrons. The van der Waals surface area contributed by atoms with Crippen LogP contribution in [0.2, 0.25) is 0 Å². The minimum atomic E-state index is -2.78. The number of hydrogen-bond donors (Lipinski definition) is 0. The number of hydrogen-bond acceptors (Lipinski definition) is 1. The van der Waals surface area contributed by atoms with E-state index in [-0.39, 0.29) is 0 Å². The highest BCUT2D eigenvalue weighted by Crippen LogP contribution is 2.36. The molecule has 0 atom stereocenters. The lowest BCUT2D eigenvalue weighted by Gasteiger charge is -2.34. The van der Waals surface area contributed by atoms with Crippen molar-refractivity contribution < 1.29 is 0 Å². The normalized spacial score (nSPS) is 11.9. The van der Waals surface area contributed by atoms with Crippen molar-refractivity contribution in [3.63, 3.8) is 0 Å². The van der Waals surface area contributed by atoms with Crippen molar-refractivity contribution in [2.45, 2.75) is 0 Å². The summed E-state index contributed by atoms with van der Waals surface area (Å²) in [6.07, 6.45) is 0. The van der Waals surface area contributed by atoms with Gasteiger partial charge in [0, 0.05) is 33.2 Å². The lowest BCUT2D eigenvalue weighted by atomic mass is 10.1. The molecule has 0 aliphatic rings. The van der Waals surface area contributed by atoms with E-state index < -0.39 is 8.07 Å². The highest BCUT2D eigenvalue weighted by molar-refractivity contribution is 7.19. The predicted molar refractivity (Wildman–Crippen MR) is 242 cm³/mol. The van der Waals surface area contributed by atoms with E-state index in [1.54, 1.807) is 0 Å². The van der Waals surface area contributed by atoms with Gasteiger partial charge in [0.15, 0.2) is 8.07 Å². The Labute approximate surface area is 332 Å². The SMILES string of the molecule is c1ccc([Si](c2ccccc2)(c2ccccc2)c2cccc(-c3cc(-n4c5ccccc5c5ccccc54)cc(-n4c5ccccc5c5ccccc54)n3)c2)cc1. The first-order valence-corrected chi connectivity index (χ1v) is 21.6. The Morgan fingerprint density at radius 1 is 0.316 bits per heavy atom. The molecule has 57 heavy (non-hydrogen) atoms. The fourth-order valence-corrected chi connectivity index (χ4v) is 14.0. The smallest absolute Gasteiger partial charge is 0.179 e. The minimum absolute atomic E-state index is 0.879. The molecule has 0 aliphatic carbocycles. The van der Waals surface area contributed by atoms with Crippen LogP contribution in [0.4, 0.5) is 0 Å². The van der Waals surface area contributed by atoms with Gasteiger partial charge in [-0.2, -0.15) is 0 Å². The molecule has 11 aromatic rings. The van der Waals surface area contributed by atoms with Crippen LogP contribution in [0.25, 0.3) is 66.4 Å². The molecule has 0 N–H and O–H groups in total. The first-order chi connectivity index (χ1) is 28.3. The third kappa shape index (κ3) is 5.22. The van der Waals surface area contributed by atoms with E-state index in [1.165, 1.54) is 53.3 Å². The number of pyridine rings is 1. The lowest BCUT2D eigenvalue weighted by molar-refractivity contribution is 1.06. The molecular weight excluding hydrogens is 707 g/mol. The summed E-state index contributed by atoms with van der Waals surface area (Å²) in [6.45, 7) is 0. The van der Waals surface area contributed by atoms with Crippen molar-refractivity contribution >= 4 is 72.4 Å². The van der Waals surface area contributed by atoms with Crippen LogP contribution in [0.15, 0.2) is 224 Å². The van der Waals surface area contributed by atoms with Crippen LogP contribution in [0, 0.1) is 0 Å². The monoisotopic (exact) mass is 743 g/mol. The highest BCUT2D eigenvalue weighted by Gasteiger charge is 2.41. The van der Waals surface area contributed by atoms with E-state index in [2.05, 4.69) is 234 Å². The van der Waals surface area contributed by atoms with Gasteiger partial charge in [-0.15, -0.1) is 0 Å². The Balaban J connectivity index is 1.22. The van der Waals surface area contributed by atoms with Gasteiger partial charge in [-0.1, -0.05) is 188 Å². The van der Waals surface area contributed by atoms with Gasteiger partial charge >= 0.3 is 0 Å². The van der Waals surface area contributed by atoms with E-state index in [0.717, 1.165) is 33.8 Å². The molecule has 0 aliphatic heterocycles. The summed E-state index contributed by atoms with van der Waals surface area (Å²) >= 11 is 0. The molecule has 3 aromatic heterocycles. The van der Waals surface area contributed by atoms with Gasteiger partial charge in [-0.05, 0) is 51.1 Å². The van der Waals surface area contributed by atoms with Gasteiger partial charge in [0.1, 0.15) is 5.82 Å². The summed E-state index contributed by atoms with van der Waals surface area (Å²) in [4.78, 5) is 5.62. The molecule has 3 heterocycles. The highest BCUT2D eigenvalue weighted by atomic mass is 28.3. The number of aromatic nitrogens is 3. The zero-order valence-electron chi connectivity index (χ0n) is 31.2. The Morgan fingerprint density at radius 2 is 0.702 bits per heavy atom. The Kier molecular flexibility index (Phi) is 7.83. The average Bonchev–Trinajstić information content (AvgIpc) is 3.81. The zero-order chi connectivity index (χ0) is 37.8. The quantitative estimate of drug-likeness (QED) is 0.118. The van der Waals surface area contributed by atoms with Crippen molar-refractivity contribution in [3.05, 3.63) is 224 Å². The molecule has 0 radical (unpaired) electrons. The molecule has 4 heteroatoms. The second-order valence-electron chi connectivity index (χ2n) is 14.7. The maximum Gasteiger partial charge on any atom is 0.179 e. The van der Waals surface area contributed by atoms with Crippen LogP contribution in [0.1, 0.15) is 0 Å². The zero-order valence-corrected chi connectivity index (χ0v) is 32.2. The summed E-state index contributed by atoms with van der Waals surface area (Å²) in [6, 6.07) is 82.0. The maximum absolute atomic E-state index is 5.62. The Morgan fingerprint density at radius 3 is 1.16 bits per heavy atom. The van der Waals surface area contributed by atoms with Crippen LogP contribution >= 0.6 is 0 Å². The first-order valence-electron chi connectivity index (χ1n) is 19.6. The molecular formula is C53H37N3Si. The summed E-state index contributed by atoms with van der Waals surface area (Å²) in [5.41, 5.74) is 7.67. The van der Waals surface area contributed by atoms with Gasteiger partial charge < -0.3 is 4.57 Å². The number of rotatable bonds is 7. The topological polar surface area (TPSA) is 22.8 Å². The molecule has 0 fully saturated rings. The Bertz CT molecular complexity index is 2900. The van der Waals surface area contributed by atoms with E-state index in [9.17, 15) is 0 Å². The first kappa shape index (κ1) is 33.1. The van der Waals surface area contributed by atoms with Crippen LogP contribution in [0.5, 0.6) is 0 Å². The summed E-state index contributed by atoms with van der Waals surface area (Å²) in [7, 11) is -2.78. The molecule has 3 nitrogen and oxygen atoms in total. The van der Waals surface area contributed by atoms with Crippen molar-refractivity contribution in [3.8, 4) is 22.8 Å². The maximum atomic E-state index is 5.62. The number of nitrogens with zero attached hydrogens (tertiary/aromatic N) is 3. The summed E-state index contributed by atoms with van der Waals surface area (Å²) in [5.74, 6) is 0.879. The van der Waals surface area contributed by atoms with Crippen molar-refractivity contribution in [1.82, 2.24) is 14.1 Å². The molecule has 0 saturated carbocycles. The van der Waals surface area contributed by atoms with Gasteiger partial charge in [0.05, 0.1) is 33.4 Å². The van der Waals surface area contributed by atoms with Crippen LogP contribution in [-0.2, 0) is 0 Å². The third-order valence-corrected chi connectivity index (χ3v) is 16.4. The molecule has 0 saturated heterocycles. The van der Waals surface area contributed by atoms with Crippen molar-refractivity contribution in [1.29, 1.82) is 0 Å². The van der Waals surface area contributed by atoms with E-state index in [4.69, 9.17) is 4.98 Å². The number of para-hydroxylation sites is 4. The number of fused-ring (bicyclic) bond motifs is 6. The molecule has 0 unspecified atom stereocenters. The minimum Gasteiger partial charge on any atom is -0.309 e. The van der Waals surface area contributed by atoms with Gasteiger partial charge in [-0.3, -0.25) is 4.57 Å². The summed E-state index contributed by atoms with van der Waals surface area (Å²) < 4.78 is 4.75. The van der Waals surface area contributed by atoms with E-state index >= 15 is 0 Å². The largest absolute Gasteiger partial charge is 0.309 e. The average molecular weight is 744 g/mol. The Hall–Kier alpha value is -7.27. The number of benzene rings is 8. The molecule has 0 bridgehead atoms. The van der Waals surface area contributed by atoms with E-state index in [1.807, 2.05) is 0 Å². The van der Waals surface area contributed by atoms with Crippen LogP contribution in [0.3, 0.4) is 0 Å². The standard InChI is InChI=1S/C53H37N3Si/c1-4-20-40(21-5-1)57(41-22-6-2-7-23-41,42-24-8-3-9-25-42)43-26-18-19-38(35-43)48-36-39(55-49-31-14-10-27-44(49)45-28-11-15-32-50(45)55)37-53(54-48)56-51-33-16-12-29-46(51)47-30-13-17-34-52(47)56/h1-37H. The van der Waals surface area contributed by atoms with E-state index in [0.29, 0.717) is 0 Å². The lowest BCUT2D eigenvalue weighted by Crippen LogP contribution is -2.74. The summed E-state index contributed by atoms with van der Waals surface area (Å²) in [5, 5.41) is 10.2. The van der Waals surface area contributed by atoms with Gasteiger partial charge in [0.2, 0.25) is 0 Å². The van der Waals surface area contributed by atoms with Crippen LogP contribution in [-0.4, -0.2) is 22.2 Å². The molecule has 0 spiro atoms. The fourth-order valence-electron chi connectivity index (χ4n) is 9.24. The second-order valence-corrected chi connectivity index (χ2v) is 18.5. The van der Waals surface area contributed by atoms with Crippen molar-refractivity contribution in [2.75, 3.05) is 0 Å². The molecule has 11 rings (SSSR count). The molecule has 0 amide bonds. The molecule has 8 aromatic carbocycles. The fraction of sp³-hybridized carbons (Fsp3) is 0. The van der Waals surface area contributed by atoms with Crippen LogP contribution < -0.4 is 20.7 Å². The van der Waals surface area contributed by atoms with Gasteiger partial charge in [-0.25, -0.2) is 4.98 Å². The second kappa shape index (κ2) is 13.5. The third-order valence-electron chi connectivity index (χ3n) is 11.7. The van der Waals surface area contributed by atoms with Crippen molar-refractivity contribution in [2.24, 2.45) is 0 Å².